The van der Waals surface area contributed by atoms with Gasteiger partial charge in [0.1, 0.15) is 11.6 Å². The Morgan fingerprint density at radius 2 is 1.80 bits per heavy atom. The maximum absolute atomic E-state index is 12.5. The van der Waals surface area contributed by atoms with E-state index in [2.05, 4.69) is 15.2 Å². The van der Waals surface area contributed by atoms with Gasteiger partial charge in [-0.25, -0.2) is 4.98 Å². The molecule has 1 fully saturated rings. The van der Waals surface area contributed by atoms with Crippen LogP contribution in [0.15, 0.2) is 36.4 Å². The van der Waals surface area contributed by atoms with Gasteiger partial charge in [0, 0.05) is 18.7 Å². The summed E-state index contributed by atoms with van der Waals surface area (Å²) in [4.78, 5) is 19.4. The summed E-state index contributed by atoms with van der Waals surface area (Å²) < 4.78 is 5.60. The lowest BCUT2D eigenvalue weighted by Crippen LogP contribution is -2.20. The number of amides is 1. The molecular weight excluding hydrogens is 314 g/mol. The van der Waals surface area contributed by atoms with Crippen molar-refractivity contribution in [1.29, 1.82) is 0 Å². The Balaban J connectivity index is 1.68. The lowest BCUT2D eigenvalue weighted by atomic mass is 10.2. The molecule has 1 aliphatic rings. The molecule has 0 aliphatic carbocycles. The first-order chi connectivity index (χ1) is 12.0. The number of hydrogen-bond donors (Lipinski definition) is 1. The van der Waals surface area contributed by atoms with Crippen LogP contribution in [0.1, 0.15) is 42.7 Å². The summed E-state index contributed by atoms with van der Waals surface area (Å²) in [5, 5.41) is 2.94. The first-order valence-corrected chi connectivity index (χ1v) is 8.83. The molecule has 0 bridgehead atoms. The summed E-state index contributed by atoms with van der Waals surface area (Å²) in [5.74, 6) is 1.61. The zero-order valence-corrected chi connectivity index (χ0v) is 15.1. The average Bonchev–Trinajstić information content (AvgIpc) is 3.11. The molecule has 1 saturated heterocycles. The van der Waals surface area contributed by atoms with E-state index in [0.29, 0.717) is 5.56 Å². The highest BCUT2D eigenvalue weighted by Gasteiger charge is 2.15. The minimum Gasteiger partial charge on any atom is -0.491 e. The van der Waals surface area contributed by atoms with Gasteiger partial charge in [0.25, 0.3) is 5.91 Å². The lowest BCUT2D eigenvalue weighted by molar-refractivity contribution is 0.102. The van der Waals surface area contributed by atoms with Crippen LogP contribution in [0.25, 0.3) is 0 Å². The summed E-state index contributed by atoms with van der Waals surface area (Å²) in [7, 11) is 0. The van der Waals surface area contributed by atoms with Gasteiger partial charge in [0.15, 0.2) is 0 Å². The van der Waals surface area contributed by atoms with Gasteiger partial charge in [-0.3, -0.25) is 4.79 Å². The molecule has 5 nitrogen and oxygen atoms in total. The molecule has 25 heavy (non-hydrogen) atoms. The fourth-order valence-electron chi connectivity index (χ4n) is 2.95. The summed E-state index contributed by atoms with van der Waals surface area (Å²) in [6.45, 7) is 7.99. The van der Waals surface area contributed by atoms with Crippen molar-refractivity contribution in [1.82, 2.24) is 4.98 Å². The molecule has 2 heterocycles. The predicted octanol–water partition coefficient (Wildman–Crippen LogP) is 4.03. The lowest BCUT2D eigenvalue weighted by Gasteiger charge is -2.18. The Bertz CT molecular complexity index is 735. The molecule has 1 N–H and O–H groups in total. The van der Waals surface area contributed by atoms with Crippen molar-refractivity contribution in [2.75, 3.05) is 23.3 Å². The third kappa shape index (κ3) is 4.29. The smallest absolute Gasteiger partial charge is 0.255 e. The third-order valence-corrected chi connectivity index (χ3v) is 4.24. The summed E-state index contributed by atoms with van der Waals surface area (Å²) in [6, 6.07) is 11.1. The summed E-state index contributed by atoms with van der Waals surface area (Å²) in [6.07, 6.45) is 2.55. The molecular formula is C20H25N3O2. The molecule has 1 aliphatic heterocycles. The molecule has 2 aromatic rings. The standard InChI is InChI=1S/C20H25N3O2/c1-14(2)25-17-8-6-16(7-9-17)20(24)22-18-10-11-19(21-15(18)3)23-12-4-5-13-23/h6-11,14H,4-5,12-13H2,1-3H3,(H,22,24). The number of benzene rings is 1. The van der Waals surface area contributed by atoms with Gasteiger partial charge in [0.2, 0.25) is 0 Å². The number of anilines is 2. The van der Waals surface area contributed by atoms with E-state index < -0.39 is 0 Å². The van der Waals surface area contributed by atoms with E-state index in [1.165, 1.54) is 12.8 Å². The quantitative estimate of drug-likeness (QED) is 0.893. The fourth-order valence-corrected chi connectivity index (χ4v) is 2.95. The Kier molecular flexibility index (Phi) is 5.22. The number of aryl methyl sites for hydroxylation is 1. The Morgan fingerprint density at radius 1 is 1.12 bits per heavy atom. The summed E-state index contributed by atoms with van der Waals surface area (Å²) >= 11 is 0. The topological polar surface area (TPSA) is 54.5 Å². The van der Waals surface area contributed by atoms with Crippen LogP contribution in [0, 0.1) is 6.92 Å². The number of nitrogens with zero attached hydrogens (tertiary/aromatic N) is 2. The van der Waals surface area contributed by atoms with E-state index in [-0.39, 0.29) is 12.0 Å². The predicted molar refractivity (Wildman–Crippen MR) is 101 cm³/mol. The monoisotopic (exact) mass is 339 g/mol. The Hall–Kier alpha value is -2.56. The van der Waals surface area contributed by atoms with Crippen molar-refractivity contribution in [3.05, 3.63) is 47.7 Å². The van der Waals surface area contributed by atoms with Crippen LogP contribution in [-0.2, 0) is 0 Å². The van der Waals surface area contributed by atoms with Gasteiger partial charge in [-0.15, -0.1) is 0 Å². The second-order valence-electron chi connectivity index (χ2n) is 6.64. The molecule has 0 radical (unpaired) electrons. The van der Waals surface area contributed by atoms with Gasteiger partial charge in [-0.2, -0.15) is 0 Å². The van der Waals surface area contributed by atoms with Gasteiger partial charge in [0.05, 0.1) is 17.5 Å². The minimum atomic E-state index is -0.144. The second kappa shape index (κ2) is 7.55. The van der Waals surface area contributed by atoms with Gasteiger partial charge >= 0.3 is 0 Å². The first-order valence-electron chi connectivity index (χ1n) is 8.83. The maximum atomic E-state index is 12.5. The Morgan fingerprint density at radius 3 is 2.40 bits per heavy atom. The third-order valence-electron chi connectivity index (χ3n) is 4.24. The van der Waals surface area contributed by atoms with Crippen LogP contribution >= 0.6 is 0 Å². The highest BCUT2D eigenvalue weighted by atomic mass is 16.5. The maximum Gasteiger partial charge on any atom is 0.255 e. The molecule has 132 valence electrons. The number of ether oxygens (including phenoxy) is 1. The molecule has 1 amide bonds. The van der Waals surface area contributed by atoms with Crippen molar-refractivity contribution < 1.29 is 9.53 Å². The van der Waals surface area contributed by atoms with Gasteiger partial charge < -0.3 is 15.0 Å². The van der Waals surface area contributed by atoms with Crippen molar-refractivity contribution in [2.45, 2.75) is 39.7 Å². The van der Waals surface area contributed by atoms with Crippen molar-refractivity contribution >= 4 is 17.4 Å². The minimum absolute atomic E-state index is 0.113. The Labute approximate surface area is 149 Å². The number of aromatic nitrogens is 1. The van der Waals surface area contributed by atoms with E-state index in [0.717, 1.165) is 36.0 Å². The van der Waals surface area contributed by atoms with E-state index in [1.807, 2.05) is 45.0 Å². The highest BCUT2D eigenvalue weighted by Crippen LogP contribution is 2.23. The first kappa shape index (κ1) is 17.3. The number of hydrogen-bond acceptors (Lipinski definition) is 4. The zero-order valence-electron chi connectivity index (χ0n) is 15.1. The average molecular weight is 339 g/mol. The van der Waals surface area contributed by atoms with Crippen LogP contribution in [0.5, 0.6) is 5.75 Å². The number of carbonyl (C=O) groups excluding carboxylic acids is 1. The number of rotatable bonds is 5. The van der Waals surface area contributed by atoms with Crippen LogP contribution in [0.2, 0.25) is 0 Å². The molecule has 1 aromatic carbocycles. The van der Waals surface area contributed by atoms with Crippen LogP contribution in [0.3, 0.4) is 0 Å². The van der Waals surface area contributed by atoms with E-state index in [4.69, 9.17) is 4.74 Å². The normalized spacial score (nSPS) is 14.0. The van der Waals surface area contributed by atoms with Crippen LogP contribution in [-0.4, -0.2) is 30.1 Å². The second-order valence-corrected chi connectivity index (χ2v) is 6.64. The molecule has 0 saturated carbocycles. The number of carbonyl (C=O) groups is 1. The fraction of sp³-hybridized carbons (Fsp3) is 0.400. The van der Waals surface area contributed by atoms with Gasteiger partial charge in [-0.1, -0.05) is 0 Å². The van der Waals surface area contributed by atoms with Crippen molar-refractivity contribution in [2.24, 2.45) is 0 Å². The highest BCUT2D eigenvalue weighted by molar-refractivity contribution is 6.04. The van der Waals surface area contributed by atoms with E-state index in [1.54, 1.807) is 12.1 Å². The van der Waals surface area contributed by atoms with E-state index >= 15 is 0 Å². The zero-order chi connectivity index (χ0) is 17.8. The molecule has 1 aromatic heterocycles. The number of pyridine rings is 1. The van der Waals surface area contributed by atoms with Crippen molar-refractivity contribution in [3.8, 4) is 5.75 Å². The van der Waals surface area contributed by atoms with Gasteiger partial charge in [-0.05, 0) is 70.0 Å². The SMILES string of the molecule is Cc1nc(N2CCCC2)ccc1NC(=O)c1ccc(OC(C)C)cc1. The van der Waals surface area contributed by atoms with E-state index in [9.17, 15) is 4.79 Å². The molecule has 0 spiro atoms. The largest absolute Gasteiger partial charge is 0.491 e. The summed E-state index contributed by atoms with van der Waals surface area (Å²) in [5.41, 5.74) is 2.17. The molecule has 3 rings (SSSR count). The number of nitrogens with one attached hydrogen (secondary N) is 1. The van der Waals surface area contributed by atoms with Crippen molar-refractivity contribution in [3.63, 3.8) is 0 Å². The van der Waals surface area contributed by atoms with Crippen LogP contribution < -0.4 is 15.0 Å². The molecule has 5 heteroatoms. The molecule has 0 atom stereocenters. The van der Waals surface area contributed by atoms with Crippen LogP contribution in [0.4, 0.5) is 11.5 Å². The molecule has 0 unspecified atom stereocenters.